The first-order valence-electron chi connectivity index (χ1n) is 8.85. The van der Waals surface area contributed by atoms with E-state index in [2.05, 4.69) is 42.5 Å². The Kier molecular flexibility index (Phi) is 5.53. The molecule has 0 radical (unpaired) electrons. The second kappa shape index (κ2) is 6.99. The van der Waals surface area contributed by atoms with Crippen molar-refractivity contribution < 1.29 is 0 Å². The van der Waals surface area contributed by atoms with E-state index in [4.69, 9.17) is 5.73 Å². The number of rotatable bonds is 6. The highest BCUT2D eigenvalue weighted by atomic mass is 15.4. The lowest BCUT2D eigenvalue weighted by Crippen LogP contribution is -2.60. The third kappa shape index (κ3) is 3.20. The molecule has 1 aliphatic heterocycles. The van der Waals surface area contributed by atoms with Crippen LogP contribution in [0.3, 0.4) is 0 Å². The van der Waals surface area contributed by atoms with Crippen molar-refractivity contribution in [3.8, 4) is 0 Å². The molecular formula is C17H34N4. The summed E-state index contributed by atoms with van der Waals surface area (Å²) < 4.78 is 0. The lowest BCUT2D eigenvalue weighted by atomic mass is 9.67. The van der Waals surface area contributed by atoms with Gasteiger partial charge in [-0.25, -0.2) is 0 Å². The van der Waals surface area contributed by atoms with Gasteiger partial charge in [-0.3, -0.25) is 4.99 Å². The summed E-state index contributed by atoms with van der Waals surface area (Å²) in [4.78, 5) is 9.60. The molecule has 0 saturated heterocycles. The predicted octanol–water partition coefficient (Wildman–Crippen LogP) is 2.54. The van der Waals surface area contributed by atoms with E-state index >= 15 is 0 Å². The zero-order valence-electron chi connectivity index (χ0n) is 14.4. The van der Waals surface area contributed by atoms with Gasteiger partial charge in [0, 0.05) is 13.1 Å². The first kappa shape index (κ1) is 16.6. The normalized spacial score (nSPS) is 29.7. The maximum absolute atomic E-state index is 6.27. The Hall–Kier alpha value is -0.770. The van der Waals surface area contributed by atoms with Gasteiger partial charge in [0.2, 0.25) is 0 Å². The third-order valence-corrected chi connectivity index (χ3v) is 5.73. The SMILES string of the molecule is CCN(CC)CCN1C(N)=NCC12CCCCC2C(C)C. The van der Waals surface area contributed by atoms with Crippen molar-refractivity contribution in [2.24, 2.45) is 22.6 Å². The van der Waals surface area contributed by atoms with Gasteiger partial charge in [-0.15, -0.1) is 0 Å². The number of hydrogen-bond acceptors (Lipinski definition) is 4. The Labute approximate surface area is 130 Å². The molecule has 2 N–H and O–H groups in total. The first-order valence-corrected chi connectivity index (χ1v) is 8.85. The fourth-order valence-electron chi connectivity index (χ4n) is 4.47. The summed E-state index contributed by atoms with van der Waals surface area (Å²) >= 11 is 0. The second-order valence-electron chi connectivity index (χ2n) is 7.05. The average molecular weight is 294 g/mol. The van der Waals surface area contributed by atoms with Crippen LogP contribution >= 0.6 is 0 Å². The summed E-state index contributed by atoms with van der Waals surface area (Å²) in [6.07, 6.45) is 5.29. The van der Waals surface area contributed by atoms with Crippen molar-refractivity contribution >= 4 is 5.96 Å². The average Bonchev–Trinajstić information content (AvgIpc) is 2.78. The molecule has 2 rings (SSSR count). The molecule has 0 aromatic carbocycles. The lowest BCUT2D eigenvalue weighted by Gasteiger charge is -2.50. The fourth-order valence-corrected chi connectivity index (χ4v) is 4.47. The van der Waals surface area contributed by atoms with E-state index < -0.39 is 0 Å². The Balaban J connectivity index is 2.13. The minimum Gasteiger partial charge on any atom is -0.370 e. The molecule has 1 aliphatic carbocycles. The summed E-state index contributed by atoms with van der Waals surface area (Å²) in [5.74, 6) is 2.23. The van der Waals surface area contributed by atoms with Gasteiger partial charge in [0.1, 0.15) is 0 Å². The zero-order chi connectivity index (χ0) is 15.5. The molecule has 0 aromatic rings. The number of nitrogens with two attached hydrogens (primary N) is 1. The Bertz CT molecular complexity index is 362. The van der Waals surface area contributed by atoms with Crippen molar-refractivity contribution in [3.05, 3.63) is 0 Å². The van der Waals surface area contributed by atoms with Gasteiger partial charge in [-0.2, -0.15) is 0 Å². The van der Waals surface area contributed by atoms with Crippen LogP contribution in [0, 0.1) is 11.8 Å². The molecule has 21 heavy (non-hydrogen) atoms. The highest BCUT2D eigenvalue weighted by Crippen LogP contribution is 2.44. The molecule has 1 saturated carbocycles. The molecule has 4 heteroatoms. The second-order valence-corrected chi connectivity index (χ2v) is 7.05. The monoisotopic (exact) mass is 294 g/mol. The quantitative estimate of drug-likeness (QED) is 0.819. The summed E-state index contributed by atoms with van der Waals surface area (Å²) in [6.45, 7) is 14.5. The maximum Gasteiger partial charge on any atom is 0.191 e. The molecular weight excluding hydrogens is 260 g/mol. The Morgan fingerprint density at radius 3 is 2.67 bits per heavy atom. The molecule has 2 aliphatic rings. The lowest BCUT2D eigenvalue weighted by molar-refractivity contribution is 0.0398. The van der Waals surface area contributed by atoms with Gasteiger partial charge < -0.3 is 15.5 Å². The molecule has 4 nitrogen and oxygen atoms in total. The highest BCUT2D eigenvalue weighted by molar-refractivity contribution is 5.81. The van der Waals surface area contributed by atoms with E-state index in [1.807, 2.05) is 0 Å². The summed E-state index contributed by atoms with van der Waals surface area (Å²) in [7, 11) is 0. The molecule has 0 bridgehead atoms. The fraction of sp³-hybridized carbons (Fsp3) is 0.941. The van der Waals surface area contributed by atoms with Gasteiger partial charge in [0.25, 0.3) is 0 Å². The van der Waals surface area contributed by atoms with E-state index in [0.29, 0.717) is 5.92 Å². The van der Waals surface area contributed by atoms with E-state index in [0.717, 1.165) is 44.6 Å². The number of likely N-dealkylation sites (N-methyl/N-ethyl adjacent to an activating group) is 1. The Morgan fingerprint density at radius 1 is 1.33 bits per heavy atom. The third-order valence-electron chi connectivity index (χ3n) is 5.73. The topological polar surface area (TPSA) is 44.9 Å². The summed E-state index contributed by atoms with van der Waals surface area (Å²) in [6, 6.07) is 0. The van der Waals surface area contributed by atoms with Gasteiger partial charge in [-0.05, 0) is 37.8 Å². The number of hydrogen-bond donors (Lipinski definition) is 1. The van der Waals surface area contributed by atoms with Crippen LogP contribution < -0.4 is 5.73 Å². The Morgan fingerprint density at radius 2 is 2.05 bits per heavy atom. The molecule has 2 unspecified atom stereocenters. The van der Waals surface area contributed by atoms with Crippen LogP contribution in [0.5, 0.6) is 0 Å². The van der Waals surface area contributed by atoms with Crippen LogP contribution in [-0.2, 0) is 0 Å². The number of guanidine groups is 1. The van der Waals surface area contributed by atoms with Gasteiger partial charge >= 0.3 is 0 Å². The highest BCUT2D eigenvalue weighted by Gasteiger charge is 2.49. The van der Waals surface area contributed by atoms with Crippen LogP contribution in [0.2, 0.25) is 0 Å². The van der Waals surface area contributed by atoms with Crippen molar-refractivity contribution in [1.29, 1.82) is 0 Å². The van der Waals surface area contributed by atoms with Gasteiger partial charge in [0.15, 0.2) is 5.96 Å². The number of nitrogens with zero attached hydrogens (tertiary/aromatic N) is 3. The van der Waals surface area contributed by atoms with Crippen LogP contribution in [0.25, 0.3) is 0 Å². The van der Waals surface area contributed by atoms with Crippen molar-refractivity contribution in [2.75, 3.05) is 32.7 Å². The molecule has 1 heterocycles. The molecule has 0 amide bonds. The zero-order valence-corrected chi connectivity index (χ0v) is 14.4. The van der Waals surface area contributed by atoms with Crippen molar-refractivity contribution in [3.63, 3.8) is 0 Å². The maximum atomic E-state index is 6.27. The molecule has 1 fully saturated rings. The van der Waals surface area contributed by atoms with Crippen molar-refractivity contribution in [2.45, 2.75) is 58.9 Å². The largest absolute Gasteiger partial charge is 0.370 e. The molecule has 2 atom stereocenters. The minimum absolute atomic E-state index is 0.212. The van der Waals surface area contributed by atoms with E-state index in [1.54, 1.807) is 0 Å². The molecule has 1 spiro atoms. The standard InChI is InChI=1S/C17H34N4/c1-5-20(6-2)11-12-21-16(18)19-13-17(21)10-8-7-9-15(17)14(3)4/h14-15H,5-13H2,1-4H3,(H2,18,19). The molecule has 122 valence electrons. The number of aliphatic imine (C=N–C) groups is 1. The van der Waals surface area contributed by atoms with Crippen LogP contribution in [-0.4, -0.2) is 54.0 Å². The van der Waals surface area contributed by atoms with Crippen LogP contribution in [0.4, 0.5) is 0 Å². The van der Waals surface area contributed by atoms with Crippen molar-refractivity contribution in [1.82, 2.24) is 9.80 Å². The molecule has 0 aromatic heterocycles. The van der Waals surface area contributed by atoms with Gasteiger partial charge in [0.05, 0.1) is 12.1 Å². The van der Waals surface area contributed by atoms with E-state index in [9.17, 15) is 0 Å². The first-order chi connectivity index (χ1) is 10.0. The van der Waals surface area contributed by atoms with E-state index in [1.165, 1.54) is 25.7 Å². The van der Waals surface area contributed by atoms with Crippen LogP contribution in [0.15, 0.2) is 4.99 Å². The summed E-state index contributed by atoms with van der Waals surface area (Å²) in [5.41, 5.74) is 6.49. The van der Waals surface area contributed by atoms with Gasteiger partial charge in [-0.1, -0.05) is 40.5 Å². The van der Waals surface area contributed by atoms with Crippen LogP contribution in [0.1, 0.15) is 53.4 Å². The minimum atomic E-state index is 0.212. The van der Waals surface area contributed by atoms with E-state index in [-0.39, 0.29) is 5.54 Å². The smallest absolute Gasteiger partial charge is 0.191 e. The predicted molar refractivity (Wildman–Crippen MR) is 90.5 cm³/mol. The summed E-state index contributed by atoms with van der Waals surface area (Å²) in [5, 5.41) is 0.